The zero-order chi connectivity index (χ0) is 11.3. The molecule has 2 heteroatoms. The quantitative estimate of drug-likeness (QED) is 0.804. The van der Waals surface area contributed by atoms with Gasteiger partial charge in [0.05, 0.1) is 6.10 Å². The van der Waals surface area contributed by atoms with E-state index in [1.54, 1.807) is 6.92 Å². The van der Waals surface area contributed by atoms with Gasteiger partial charge in [0.2, 0.25) is 0 Å². The van der Waals surface area contributed by atoms with Gasteiger partial charge in [-0.05, 0) is 12.0 Å². The zero-order valence-corrected chi connectivity index (χ0v) is 9.31. The highest BCUT2D eigenvalue weighted by molar-refractivity contribution is 5.81. The average molecular weight is 206 g/mol. The second-order valence-electron chi connectivity index (χ2n) is 3.86. The third-order valence-corrected chi connectivity index (χ3v) is 2.62. The lowest BCUT2D eigenvalue weighted by Gasteiger charge is -2.17. The van der Waals surface area contributed by atoms with Crippen molar-refractivity contribution in [1.82, 2.24) is 0 Å². The predicted molar refractivity (Wildman–Crippen MR) is 60.5 cm³/mol. The monoisotopic (exact) mass is 206 g/mol. The van der Waals surface area contributed by atoms with Crippen LogP contribution in [0.4, 0.5) is 0 Å². The minimum absolute atomic E-state index is 0.133. The normalized spacial score (nSPS) is 14.6. The van der Waals surface area contributed by atoms with E-state index in [9.17, 15) is 9.90 Å². The Labute approximate surface area is 90.9 Å². The molecule has 0 amide bonds. The summed E-state index contributed by atoms with van der Waals surface area (Å²) in [6.07, 6.45) is 0.709. The highest BCUT2D eigenvalue weighted by Crippen LogP contribution is 2.23. The summed E-state index contributed by atoms with van der Waals surface area (Å²) in [5, 5.41) is 9.97. The molecule has 0 spiro atoms. The Kier molecular flexibility index (Phi) is 4.50. The van der Waals surface area contributed by atoms with Crippen LogP contribution in [0.1, 0.15) is 38.4 Å². The van der Waals surface area contributed by atoms with E-state index in [0.717, 1.165) is 12.0 Å². The van der Waals surface area contributed by atoms with E-state index in [2.05, 4.69) is 0 Å². The smallest absolute Gasteiger partial charge is 0.138 e. The summed E-state index contributed by atoms with van der Waals surface area (Å²) in [7, 11) is 0. The first-order chi connectivity index (χ1) is 7.16. The van der Waals surface area contributed by atoms with Crippen LogP contribution in [-0.2, 0) is 4.79 Å². The lowest BCUT2D eigenvalue weighted by molar-refractivity contribution is -0.125. The van der Waals surface area contributed by atoms with Crippen LogP contribution in [0, 0.1) is 5.92 Å². The van der Waals surface area contributed by atoms with Gasteiger partial charge in [0.25, 0.3) is 0 Å². The van der Waals surface area contributed by atoms with Crippen molar-refractivity contribution in [3.05, 3.63) is 35.9 Å². The number of Topliss-reactive ketones (excluding diaryl/α,β-unsaturated/α-hetero) is 1. The predicted octanol–water partition coefficient (Wildman–Crippen LogP) is 2.73. The Morgan fingerprint density at radius 1 is 1.33 bits per heavy atom. The lowest BCUT2D eigenvalue weighted by Crippen LogP contribution is -2.18. The average Bonchev–Trinajstić information content (AvgIpc) is 2.28. The molecule has 0 aliphatic heterocycles. The number of carbonyl (C=O) groups excluding carboxylic acids is 1. The molecule has 1 rings (SSSR count). The Hall–Kier alpha value is -1.15. The highest BCUT2D eigenvalue weighted by atomic mass is 16.3. The van der Waals surface area contributed by atoms with Gasteiger partial charge in [-0.2, -0.15) is 0 Å². The van der Waals surface area contributed by atoms with Gasteiger partial charge < -0.3 is 5.11 Å². The van der Waals surface area contributed by atoms with Crippen molar-refractivity contribution in [2.75, 3.05) is 0 Å². The molecule has 0 fully saturated rings. The molecule has 2 unspecified atom stereocenters. The Balaban J connectivity index is 2.68. The Bertz CT molecular complexity index is 306. The van der Waals surface area contributed by atoms with Crippen molar-refractivity contribution in [2.45, 2.75) is 32.8 Å². The summed E-state index contributed by atoms with van der Waals surface area (Å²) in [6.45, 7) is 3.76. The molecule has 0 heterocycles. The molecular formula is C13H18O2. The van der Waals surface area contributed by atoms with Crippen molar-refractivity contribution >= 4 is 5.78 Å². The van der Waals surface area contributed by atoms with Gasteiger partial charge in [0, 0.05) is 12.3 Å². The standard InChI is InChI=1S/C13H18O2/c1-3-7-12(14)10(2)13(15)11-8-5-4-6-9-11/h4-6,8-10,13,15H,3,7H2,1-2H3. The van der Waals surface area contributed by atoms with Crippen molar-refractivity contribution in [2.24, 2.45) is 5.92 Å². The number of aliphatic hydroxyl groups excluding tert-OH is 1. The van der Waals surface area contributed by atoms with Crippen molar-refractivity contribution in [3.8, 4) is 0 Å². The van der Waals surface area contributed by atoms with Gasteiger partial charge in [-0.1, -0.05) is 44.2 Å². The van der Waals surface area contributed by atoms with E-state index >= 15 is 0 Å². The molecule has 0 aliphatic carbocycles. The van der Waals surface area contributed by atoms with Crippen molar-refractivity contribution in [1.29, 1.82) is 0 Å². The number of benzene rings is 1. The molecule has 1 N–H and O–H groups in total. The van der Waals surface area contributed by atoms with Gasteiger partial charge in [-0.15, -0.1) is 0 Å². The van der Waals surface area contributed by atoms with Crippen LogP contribution in [-0.4, -0.2) is 10.9 Å². The maximum absolute atomic E-state index is 11.6. The van der Waals surface area contributed by atoms with Crippen LogP contribution in [0.15, 0.2) is 30.3 Å². The van der Waals surface area contributed by atoms with Gasteiger partial charge >= 0.3 is 0 Å². The zero-order valence-electron chi connectivity index (χ0n) is 9.31. The third kappa shape index (κ3) is 3.17. The van der Waals surface area contributed by atoms with Crippen LogP contribution >= 0.6 is 0 Å². The molecule has 1 aromatic rings. The fraction of sp³-hybridized carbons (Fsp3) is 0.462. The molecule has 2 atom stereocenters. The van der Waals surface area contributed by atoms with Gasteiger partial charge in [0.15, 0.2) is 0 Å². The van der Waals surface area contributed by atoms with Crippen LogP contribution in [0.3, 0.4) is 0 Å². The second-order valence-corrected chi connectivity index (χ2v) is 3.86. The molecule has 0 radical (unpaired) electrons. The van der Waals surface area contributed by atoms with E-state index in [1.165, 1.54) is 0 Å². The van der Waals surface area contributed by atoms with E-state index in [0.29, 0.717) is 6.42 Å². The first-order valence-electron chi connectivity index (χ1n) is 5.42. The SMILES string of the molecule is CCCC(=O)C(C)C(O)c1ccccc1. The fourth-order valence-electron chi connectivity index (χ4n) is 1.59. The summed E-state index contributed by atoms with van der Waals surface area (Å²) in [5.41, 5.74) is 0.814. The van der Waals surface area contributed by atoms with E-state index in [4.69, 9.17) is 0 Å². The third-order valence-electron chi connectivity index (χ3n) is 2.62. The summed E-state index contributed by atoms with van der Waals surface area (Å²) in [6, 6.07) is 9.33. The van der Waals surface area contributed by atoms with Crippen LogP contribution in [0.2, 0.25) is 0 Å². The van der Waals surface area contributed by atoms with E-state index in [-0.39, 0.29) is 11.7 Å². The second kappa shape index (κ2) is 5.66. The minimum Gasteiger partial charge on any atom is -0.388 e. The maximum Gasteiger partial charge on any atom is 0.138 e. The molecular weight excluding hydrogens is 188 g/mol. The Morgan fingerprint density at radius 2 is 1.93 bits per heavy atom. The number of carbonyl (C=O) groups is 1. The van der Waals surface area contributed by atoms with Crippen molar-refractivity contribution < 1.29 is 9.90 Å². The van der Waals surface area contributed by atoms with Crippen LogP contribution < -0.4 is 0 Å². The number of hydrogen-bond donors (Lipinski definition) is 1. The molecule has 15 heavy (non-hydrogen) atoms. The van der Waals surface area contributed by atoms with Crippen LogP contribution in [0.25, 0.3) is 0 Å². The Morgan fingerprint density at radius 3 is 2.47 bits per heavy atom. The van der Waals surface area contributed by atoms with Gasteiger partial charge in [-0.25, -0.2) is 0 Å². The summed E-state index contributed by atoms with van der Waals surface area (Å²) in [5.74, 6) is -0.179. The number of hydrogen-bond acceptors (Lipinski definition) is 2. The van der Waals surface area contributed by atoms with Crippen molar-refractivity contribution in [3.63, 3.8) is 0 Å². The van der Waals surface area contributed by atoms with Crippen LogP contribution in [0.5, 0.6) is 0 Å². The summed E-state index contributed by atoms with van der Waals surface area (Å²) < 4.78 is 0. The number of ketones is 1. The first kappa shape index (κ1) is 11.9. The van der Waals surface area contributed by atoms with E-state index < -0.39 is 6.10 Å². The maximum atomic E-state index is 11.6. The fourth-order valence-corrected chi connectivity index (χ4v) is 1.59. The molecule has 82 valence electrons. The molecule has 1 aromatic carbocycles. The number of aliphatic hydroxyl groups is 1. The number of rotatable bonds is 5. The minimum atomic E-state index is -0.676. The van der Waals surface area contributed by atoms with E-state index in [1.807, 2.05) is 37.3 Å². The highest BCUT2D eigenvalue weighted by Gasteiger charge is 2.22. The topological polar surface area (TPSA) is 37.3 Å². The molecule has 0 bridgehead atoms. The largest absolute Gasteiger partial charge is 0.388 e. The molecule has 2 nitrogen and oxygen atoms in total. The van der Waals surface area contributed by atoms with Gasteiger partial charge in [-0.3, -0.25) is 4.79 Å². The first-order valence-corrected chi connectivity index (χ1v) is 5.42. The molecule has 0 saturated heterocycles. The molecule has 0 saturated carbocycles. The summed E-state index contributed by atoms with van der Waals surface area (Å²) in [4.78, 5) is 11.6. The molecule has 0 aromatic heterocycles. The van der Waals surface area contributed by atoms with Gasteiger partial charge in [0.1, 0.15) is 5.78 Å². The lowest BCUT2D eigenvalue weighted by atomic mass is 9.92. The molecule has 0 aliphatic rings. The summed E-state index contributed by atoms with van der Waals surface area (Å²) >= 11 is 0.